The predicted octanol–water partition coefficient (Wildman–Crippen LogP) is -0.0843. The van der Waals surface area contributed by atoms with E-state index in [0.29, 0.717) is 13.8 Å². The van der Waals surface area contributed by atoms with Crippen molar-refractivity contribution in [3.8, 4) is 0 Å². The molecule has 0 amide bonds. The molecule has 0 rings (SSSR count). The van der Waals surface area contributed by atoms with Gasteiger partial charge in [-0.15, -0.1) is 0 Å². The topological polar surface area (TPSA) is 173 Å². The van der Waals surface area contributed by atoms with E-state index < -0.39 is 37.4 Å². The molecule has 0 aliphatic rings. The predicted molar refractivity (Wildman–Crippen MR) is 49.4 cm³/mol. The summed E-state index contributed by atoms with van der Waals surface area (Å²) in [6.45, 7) is 0.969. The molecular formula is C5H8N4O8. The number of hydrogen-bond donors (Lipinski definition) is 0. The van der Waals surface area contributed by atoms with Crippen LogP contribution in [0.5, 0.6) is 0 Å². The molecule has 0 aromatic rings. The number of nitrogens with zero attached hydrogens (tertiary/aromatic N) is 4. The van der Waals surface area contributed by atoms with Crippen molar-refractivity contribution in [1.29, 1.82) is 0 Å². The first kappa shape index (κ1) is 14.6. The molecule has 0 aliphatic heterocycles. The molecule has 12 nitrogen and oxygen atoms in total. The summed E-state index contributed by atoms with van der Waals surface area (Å²) in [5.74, 6) is 0. The molecule has 0 aliphatic carbocycles. The quantitative estimate of drug-likeness (QED) is 0.358. The van der Waals surface area contributed by atoms with Gasteiger partial charge in [0.2, 0.25) is 6.42 Å². The van der Waals surface area contributed by atoms with E-state index >= 15 is 0 Å². The highest BCUT2D eigenvalue weighted by Crippen LogP contribution is 2.26. The van der Waals surface area contributed by atoms with Crippen LogP contribution >= 0.6 is 0 Å². The Hall–Kier alpha value is -2.40. The Labute approximate surface area is 92.8 Å². The highest BCUT2D eigenvalue weighted by atomic mass is 16.7. The van der Waals surface area contributed by atoms with Crippen molar-refractivity contribution in [3.63, 3.8) is 0 Å². The second kappa shape index (κ2) is 4.23. The zero-order valence-electron chi connectivity index (χ0n) is 8.76. The Morgan fingerprint density at radius 2 is 0.882 bits per heavy atom. The largest absolute Gasteiger partial charge is 0.470 e. The molecule has 0 unspecified atom stereocenters. The van der Waals surface area contributed by atoms with E-state index in [-0.39, 0.29) is 0 Å². The number of hydrogen-bond acceptors (Lipinski definition) is 8. The third-order valence-corrected chi connectivity index (χ3v) is 2.24. The standard InChI is InChI=1S/C5H8N4O8/c1-4(6(10)11,7(12)13)3-5(2,8(14)15)9(16)17/h3H2,1-2H3. The molecule has 12 heteroatoms. The molecule has 0 radical (unpaired) electrons. The van der Waals surface area contributed by atoms with Crippen molar-refractivity contribution in [2.24, 2.45) is 0 Å². The molecule has 0 N–H and O–H groups in total. The van der Waals surface area contributed by atoms with E-state index in [0.717, 1.165) is 0 Å². The summed E-state index contributed by atoms with van der Waals surface area (Å²) in [6, 6.07) is 0. The van der Waals surface area contributed by atoms with Crippen molar-refractivity contribution < 1.29 is 19.7 Å². The SMILES string of the molecule is CC(CC(C)([N+](=O)[O-])[N+](=O)[O-])([N+](=O)[O-])[N+](=O)[O-]. The van der Waals surface area contributed by atoms with Crippen molar-refractivity contribution in [2.45, 2.75) is 31.6 Å². The van der Waals surface area contributed by atoms with Gasteiger partial charge in [-0.05, 0) is 0 Å². The second-order valence-electron chi connectivity index (χ2n) is 3.64. The molecule has 0 saturated heterocycles. The van der Waals surface area contributed by atoms with Gasteiger partial charge >= 0.3 is 11.3 Å². The van der Waals surface area contributed by atoms with Crippen molar-refractivity contribution in [2.75, 3.05) is 0 Å². The first-order valence-electron chi connectivity index (χ1n) is 4.06. The second-order valence-corrected chi connectivity index (χ2v) is 3.64. The lowest BCUT2D eigenvalue weighted by molar-refractivity contribution is -0.841. The summed E-state index contributed by atoms with van der Waals surface area (Å²) in [5, 5.41) is 42.0. The van der Waals surface area contributed by atoms with E-state index in [1.54, 1.807) is 0 Å². The van der Waals surface area contributed by atoms with Crippen LogP contribution in [0.15, 0.2) is 0 Å². The van der Waals surface area contributed by atoms with Crippen LogP contribution < -0.4 is 0 Å². The van der Waals surface area contributed by atoms with Crippen LogP contribution in [-0.2, 0) is 0 Å². The zero-order valence-corrected chi connectivity index (χ0v) is 8.76. The van der Waals surface area contributed by atoms with E-state index in [9.17, 15) is 40.5 Å². The maximum absolute atomic E-state index is 10.5. The summed E-state index contributed by atoms with van der Waals surface area (Å²) in [4.78, 5) is 36.5. The molecule has 0 atom stereocenters. The normalized spacial score (nSPS) is 11.9. The molecule has 0 heterocycles. The fraction of sp³-hybridized carbons (Fsp3) is 1.00. The van der Waals surface area contributed by atoms with Crippen molar-refractivity contribution in [3.05, 3.63) is 40.5 Å². The fourth-order valence-electron chi connectivity index (χ4n) is 1.03. The van der Waals surface area contributed by atoms with Crippen LogP contribution in [-0.4, -0.2) is 31.0 Å². The van der Waals surface area contributed by atoms with Crippen LogP contribution in [0.3, 0.4) is 0 Å². The van der Waals surface area contributed by atoms with Gasteiger partial charge in [0.05, 0.1) is 33.5 Å². The first-order valence-corrected chi connectivity index (χ1v) is 4.06. The highest BCUT2D eigenvalue weighted by molar-refractivity contribution is 4.71. The summed E-state index contributed by atoms with van der Waals surface area (Å²) in [7, 11) is 0. The van der Waals surface area contributed by atoms with E-state index in [2.05, 4.69) is 0 Å². The van der Waals surface area contributed by atoms with Gasteiger partial charge in [0, 0.05) is 0 Å². The highest BCUT2D eigenvalue weighted by Gasteiger charge is 2.67. The van der Waals surface area contributed by atoms with Gasteiger partial charge in [0.1, 0.15) is 0 Å². The minimum absolute atomic E-state index is 0.484. The van der Waals surface area contributed by atoms with Crippen LogP contribution in [0.1, 0.15) is 20.3 Å². The first-order chi connectivity index (χ1) is 7.48. The molecule has 0 saturated carbocycles. The Bertz CT molecular complexity index is 327. The van der Waals surface area contributed by atoms with Crippen molar-refractivity contribution >= 4 is 0 Å². The van der Waals surface area contributed by atoms with Crippen LogP contribution in [0.2, 0.25) is 0 Å². The van der Waals surface area contributed by atoms with Crippen LogP contribution in [0.4, 0.5) is 0 Å². The molecule has 0 fully saturated rings. The third-order valence-electron chi connectivity index (χ3n) is 2.24. The van der Waals surface area contributed by atoms with Crippen molar-refractivity contribution in [1.82, 2.24) is 0 Å². The fourth-order valence-corrected chi connectivity index (χ4v) is 1.03. The molecule has 0 aromatic carbocycles. The maximum Gasteiger partial charge on any atom is 0.470 e. The van der Waals surface area contributed by atoms with Gasteiger partial charge in [0.25, 0.3) is 0 Å². The lowest BCUT2D eigenvalue weighted by Crippen LogP contribution is -2.55. The number of nitro groups is 4. The Morgan fingerprint density at radius 3 is 1.00 bits per heavy atom. The van der Waals surface area contributed by atoms with E-state index in [1.807, 2.05) is 0 Å². The van der Waals surface area contributed by atoms with Crippen LogP contribution in [0.25, 0.3) is 0 Å². The lowest BCUT2D eigenvalue weighted by Gasteiger charge is -2.16. The average Bonchev–Trinajstić information content (AvgIpc) is 2.15. The van der Waals surface area contributed by atoms with Gasteiger partial charge in [-0.3, -0.25) is 40.5 Å². The van der Waals surface area contributed by atoms with Gasteiger partial charge in [0.15, 0.2) is 0 Å². The van der Waals surface area contributed by atoms with Gasteiger partial charge in [-0.2, -0.15) is 0 Å². The monoisotopic (exact) mass is 252 g/mol. The Morgan fingerprint density at radius 1 is 0.706 bits per heavy atom. The molecule has 0 aromatic heterocycles. The lowest BCUT2D eigenvalue weighted by atomic mass is 9.99. The summed E-state index contributed by atoms with van der Waals surface area (Å²) >= 11 is 0. The summed E-state index contributed by atoms with van der Waals surface area (Å²) in [5.41, 5.74) is -5.98. The maximum atomic E-state index is 10.5. The third kappa shape index (κ3) is 2.40. The minimum Gasteiger partial charge on any atom is -0.258 e. The van der Waals surface area contributed by atoms with Gasteiger partial charge in [-0.25, -0.2) is 0 Å². The van der Waals surface area contributed by atoms with E-state index in [1.165, 1.54) is 0 Å². The average molecular weight is 252 g/mol. The van der Waals surface area contributed by atoms with Crippen LogP contribution in [0, 0.1) is 40.5 Å². The summed E-state index contributed by atoms with van der Waals surface area (Å²) < 4.78 is 0. The zero-order chi connectivity index (χ0) is 14.0. The van der Waals surface area contributed by atoms with Gasteiger partial charge < -0.3 is 0 Å². The number of rotatable bonds is 6. The Balaban J connectivity index is 5.53. The molecule has 0 spiro atoms. The smallest absolute Gasteiger partial charge is 0.258 e. The molecule has 96 valence electrons. The minimum atomic E-state index is -2.99. The molecule has 17 heavy (non-hydrogen) atoms. The molecular weight excluding hydrogens is 244 g/mol. The van der Waals surface area contributed by atoms with E-state index in [4.69, 9.17) is 0 Å². The molecule has 0 bridgehead atoms. The Kier molecular flexibility index (Phi) is 3.63. The van der Waals surface area contributed by atoms with Gasteiger partial charge in [-0.1, -0.05) is 0 Å². The summed E-state index contributed by atoms with van der Waals surface area (Å²) in [6.07, 6.45) is -1.46.